The maximum atomic E-state index is 12.6. The Morgan fingerprint density at radius 3 is 2.35 bits per heavy atom. The third-order valence-electron chi connectivity index (χ3n) is 4.22. The van der Waals surface area contributed by atoms with Gasteiger partial charge in [0.15, 0.2) is 6.10 Å². The lowest BCUT2D eigenvalue weighted by Crippen LogP contribution is -2.26. The van der Waals surface area contributed by atoms with E-state index in [1.165, 1.54) is 12.2 Å². The zero-order valence-electron chi connectivity index (χ0n) is 19.0. The van der Waals surface area contributed by atoms with Crippen molar-refractivity contribution in [3.63, 3.8) is 0 Å². The molecule has 0 heterocycles. The van der Waals surface area contributed by atoms with E-state index in [0.717, 1.165) is 12.1 Å². The van der Waals surface area contributed by atoms with Crippen molar-refractivity contribution in [2.24, 2.45) is 0 Å². The monoisotopic (exact) mass is 596 g/mol. The number of carbonyl (C=O) groups is 1. The highest BCUT2D eigenvalue weighted by Gasteiger charge is 2.34. The van der Waals surface area contributed by atoms with Gasteiger partial charge in [-0.3, -0.25) is 0 Å². The molecule has 13 heteroatoms. The van der Waals surface area contributed by atoms with Crippen LogP contribution in [0.3, 0.4) is 0 Å². The van der Waals surface area contributed by atoms with Gasteiger partial charge in [-0.1, -0.05) is 17.9 Å². The molecule has 0 aliphatic heterocycles. The van der Waals surface area contributed by atoms with Crippen molar-refractivity contribution >= 4 is 21.9 Å². The molecule has 0 saturated heterocycles. The van der Waals surface area contributed by atoms with Crippen LogP contribution in [0.2, 0.25) is 0 Å². The van der Waals surface area contributed by atoms with Crippen LogP contribution in [0, 0.1) is 11.8 Å². The van der Waals surface area contributed by atoms with E-state index in [1.807, 2.05) is 0 Å². The molecule has 0 spiro atoms. The average molecular weight is 597 g/mol. The van der Waals surface area contributed by atoms with Crippen LogP contribution in [-0.2, 0) is 16.0 Å². The smallest absolute Gasteiger partial charge is 0.488 e. The third-order valence-corrected chi connectivity index (χ3v) is 4.84. The Labute approximate surface area is 215 Å². The number of alkyl halides is 6. The quantitative estimate of drug-likeness (QED) is 0.258. The summed E-state index contributed by atoms with van der Waals surface area (Å²) in [5.41, 5.74) is 0.382. The van der Waals surface area contributed by atoms with Gasteiger partial charge in [-0.15, -0.1) is 26.3 Å². The second-order valence-electron chi connectivity index (χ2n) is 6.99. The van der Waals surface area contributed by atoms with E-state index in [-0.39, 0.29) is 25.2 Å². The highest BCUT2D eigenvalue weighted by Crippen LogP contribution is 2.32. The summed E-state index contributed by atoms with van der Waals surface area (Å²) >= 11 is 3.33. The molecular weight excluding hydrogens is 578 g/mol. The van der Waals surface area contributed by atoms with Crippen LogP contribution in [0.5, 0.6) is 17.2 Å². The van der Waals surface area contributed by atoms with Crippen molar-refractivity contribution in [1.29, 1.82) is 0 Å². The zero-order chi connectivity index (χ0) is 27.6. The number of hydrogen-bond acceptors (Lipinski definition) is 5. The average Bonchev–Trinajstić information content (AvgIpc) is 2.76. The summed E-state index contributed by atoms with van der Waals surface area (Å²) in [6.45, 7) is 1.97. The summed E-state index contributed by atoms with van der Waals surface area (Å²) in [6, 6.07) is 7.12. The summed E-state index contributed by atoms with van der Waals surface area (Å²) < 4.78 is 93.6. The van der Waals surface area contributed by atoms with Crippen molar-refractivity contribution in [2.75, 3.05) is 13.2 Å². The SMILES string of the molecule is CCO[C@@H](Cc1ccc(OC/C=C\C#Cc2ccc(OC(F)(F)F)cc2OC(F)(F)F)c(Br)c1)C(=O)O. The summed E-state index contributed by atoms with van der Waals surface area (Å²) in [4.78, 5) is 11.2. The second kappa shape index (κ2) is 13.3. The van der Waals surface area contributed by atoms with Crippen molar-refractivity contribution in [1.82, 2.24) is 0 Å². The standard InChI is InChI=1S/C24H19BrF6O6/c1-2-34-21(22(32)33)13-15-7-10-19(18(25)12-15)35-11-5-3-4-6-16-8-9-17(36-23(26,27)28)14-20(16)37-24(29,30)31/h3,5,7-10,12,14,21H,2,11,13H2,1H3,(H,32,33)/b5-3-/t21-/m0/s1. The number of allylic oxidation sites excluding steroid dienone is 1. The molecule has 37 heavy (non-hydrogen) atoms. The topological polar surface area (TPSA) is 74.2 Å². The Morgan fingerprint density at radius 2 is 1.76 bits per heavy atom. The minimum absolute atomic E-state index is 0.0214. The molecule has 0 unspecified atom stereocenters. The molecule has 0 bridgehead atoms. The van der Waals surface area contributed by atoms with Crippen molar-refractivity contribution in [3.05, 3.63) is 64.1 Å². The molecule has 2 rings (SSSR count). The zero-order valence-corrected chi connectivity index (χ0v) is 20.5. The molecule has 200 valence electrons. The largest absolute Gasteiger partial charge is 0.573 e. The van der Waals surface area contributed by atoms with Gasteiger partial charge >= 0.3 is 18.7 Å². The Hall–Kier alpha value is -3.37. The summed E-state index contributed by atoms with van der Waals surface area (Å²) in [5, 5.41) is 9.18. The van der Waals surface area contributed by atoms with E-state index in [4.69, 9.17) is 9.47 Å². The van der Waals surface area contributed by atoms with Gasteiger partial charge in [0.25, 0.3) is 0 Å². The lowest BCUT2D eigenvalue weighted by Gasteiger charge is -2.13. The summed E-state index contributed by atoms with van der Waals surface area (Å²) in [5.74, 6) is 2.32. The highest BCUT2D eigenvalue weighted by molar-refractivity contribution is 9.10. The van der Waals surface area contributed by atoms with Crippen LogP contribution in [0.1, 0.15) is 18.1 Å². The first-order valence-corrected chi connectivity index (χ1v) is 11.1. The van der Waals surface area contributed by atoms with E-state index < -0.39 is 36.3 Å². The molecule has 6 nitrogen and oxygen atoms in total. The molecule has 1 atom stereocenters. The van der Waals surface area contributed by atoms with E-state index in [2.05, 4.69) is 37.2 Å². The van der Waals surface area contributed by atoms with Crippen LogP contribution in [0.15, 0.2) is 53.0 Å². The molecular formula is C24H19BrF6O6. The molecule has 1 N–H and O–H groups in total. The fraction of sp³-hybridized carbons (Fsp3) is 0.292. The van der Waals surface area contributed by atoms with Gasteiger partial charge in [0, 0.05) is 19.1 Å². The second-order valence-corrected chi connectivity index (χ2v) is 7.84. The molecule has 0 radical (unpaired) electrons. The summed E-state index contributed by atoms with van der Waals surface area (Å²) in [6.07, 6.45) is -8.35. The molecule has 0 saturated carbocycles. The van der Waals surface area contributed by atoms with Crippen molar-refractivity contribution in [3.8, 4) is 29.1 Å². The predicted octanol–water partition coefficient (Wildman–Crippen LogP) is 6.27. The first-order chi connectivity index (χ1) is 17.3. The predicted molar refractivity (Wildman–Crippen MR) is 122 cm³/mol. The number of aliphatic carboxylic acids is 1. The van der Waals surface area contributed by atoms with Crippen LogP contribution in [-0.4, -0.2) is 43.1 Å². The molecule has 0 aromatic heterocycles. The number of ether oxygens (including phenoxy) is 4. The first kappa shape index (κ1) is 29.9. The number of benzene rings is 2. The van der Waals surface area contributed by atoms with Gasteiger partial charge < -0.3 is 24.1 Å². The van der Waals surface area contributed by atoms with Crippen LogP contribution in [0.4, 0.5) is 26.3 Å². The maximum absolute atomic E-state index is 12.6. The molecule has 2 aromatic rings. The summed E-state index contributed by atoms with van der Waals surface area (Å²) in [7, 11) is 0. The van der Waals surface area contributed by atoms with Crippen LogP contribution >= 0.6 is 15.9 Å². The number of hydrogen-bond donors (Lipinski definition) is 1. The van der Waals surface area contributed by atoms with Crippen molar-refractivity contribution < 1.29 is 55.2 Å². The lowest BCUT2D eigenvalue weighted by molar-refractivity contribution is -0.276. The normalized spacial score (nSPS) is 12.5. The van der Waals surface area contributed by atoms with Gasteiger partial charge in [-0.05, 0) is 64.8 Å². The fourth-order valence-corrected chi connectivity index (χ4v) is 3.34. The number of carboxylic acid groups (broad SMARTS) is 1. The highest BCUT2D eigenvalue weighted by atomic mass is 79.9. The Kier molecular flexibility index (Phi) is 10.7. The lowest BCUT2D eigenvalue weighted by atomic mass is 10.1. The van der Waals surface area contributed by atoms with Crippen molar-refractivity contribution in [2.45, 2.75) is 32.2 Å². The van der Waals surface area contributed by atoms with E-state index in [9.17, 15) is 36.2 Å². The van der Waals surface area contributed by atoms with Gasteiger partial charge in [-0.2, -0.15) is 0 Å². The molecule has 2 aromatic carbocycles. The minimum atomic E-state index is -5.16. The Bertz CT molecular complexity index is 1170. The minimum Gasteiger partial charge on any atom is -0.488 e. The third kappa shape index (κ3) is 11.1. The number of rotatable bonds is 10. The molecule has 0 amide bonds. The Balaban J connectivity index is 2.03. The maximum Gasteiger partial charge on any atom is 0.573 e. The first-order valence-electron chi connectivity index (χ1n) is 10.3. The number of halogens is 7. The van der Waals surface area contributed by atoms with Gasteiger partial charge in [0.2, 0.25) is 0 Å². The molecule has 0 aliphatic rings. The van der Waals surface area contributed by atoms with E-state index in [1.54, 1.807) is 25.1 Å². The van der Waals surface area contributed by atoms with E-state index in [0.29, 0.717) is 21.9 Å². The van der Waals surface area contributed by atoms with Gasteiger partial charge in [0.05, 0.1) is 10.0 Å². The van der Waals surface area contributed by atoms with Crippen LogP contribution in [0.25, 0.3) is 0 Å². The van der Waals surface area contributed by atoms with Crippen LogP contribution < -0.4 is 14.2 Å². The van der Waals surface area contributed by atoms with Gasteiger partial charge in [0.1, 0.15) is 23.9 Å². The Morgan fingerprint density at radius 1 is 1.05 bits per heavy atom. The van der Waals surface area contributed by atoms with E-state index >= 15 is 0 Å². The number of carboxylic acids is 1. The molecule has 0 fully saturated rings. The fourth-order valence-electron chi connectivity index (χ4n) is 2.80. The van der Waals surface area contributed by atoms with Gasteiger partial charge in [-0.25, -0.2) is 4.79 Å². The molecule has 0 aliphatic carbocycles.